The maximum Gasteiger partial charge on any atom is 0.490 e. The minimum Gasteiger partial charge on any atom is -0.475 e. The zero-order chi connectivity index (χ0) is 30.3. The van der Waals surface area contributed by atoms with Crippen molar-refractivity contribution in [1.29, 1.82) is 0 Å². The largest absolute Gasteiger partial charge is 0.490 e. The molecule has 3 saturated heterocycles. The van der Waals surface area contributed by atoms with E-state index in [1.165, 1.54) is 12.0 Å². The number of halogens is 5. The summed E-state index contributed by atoms with van der Waals surface area (Å²) in [5.41, 5.74) is 1.68. The number of nitrogens with zero attached hydrogens (tertiary/aromatic N) is 2. The van der Waals surface area contributed by atoms with Crippen LogP contribution in [0.2, 0.25) is 10.0 Å². The Morgan fingerprint density at radius 3 is 2.17 bits per heavy atom. The number of carboxylic acid groups (broad SMARTS) is 1. The van der Waals surface area contributed by atoms with Gasteiger partial charge in [0, 0.05) is 12.6 Å². The van der Waals surface area contributed by atoms with Crippen LogP contribution >= 0.6 is 23.2 Å². The first-order valence-corrected chi connectivity index (χ1v) is 13.6. The molecule has 3 heterocycles. The molecule has 0 saturated carbocycles. The number of hydrogen-bond acceptors (Lipinski definition) is 6. The quantitative estimate of drug-likeness (QED) is 0.365. The third kappa shape index (κ3) is 5.30. The van der Waals surface area contributed by atoms with Gasteiger partial charge in [0.25, 0.3) is 0 Å². The first kappa shape index (κ1) is 30.8. The molecule has 0 aliphatic carbocycles. The Hall–Kier alpha value is -3.15. The SMILES string of the molecule is CCN1C(=O)[C@@H]2[C@@H](c3ccc(-c4ccc(Cl)c(Cl)c4)cc3)N3CCCC[C@@]3(C(=O)OC)[C@@H]2C1=O.O=C(O)C(F)(F)F. The van der Waals surface area contributed by atoms with E-state index >= 15 is 0 Å². The number of aliphatic carboxylic acids is 1. The van der Waals surface area contributed by atoms with Gasteiger partial charge in [-0.25, -0.2) is 4.79 Å². The Balaban J connectivity index is 0.000000493. The molecule has 2 aromatic carbocycles. The van der Waals surface area contributed by atoms with E-state index in [0.717, 1.165) is 29.5 Å². The third-order valence-electron chi connectivity index (χ3n) is 7.96. The van der Waals surface area contributed by atoms with Crippen molar-refractivity contribution >= 4 is 47.0 Å². The van der Waals surface area contributed by atoms with Gasteiger partial charge in [-0.05, 0) is 61.6 Å². The molecule has 0 unspecified atom stereocenters. The minimum absolute atomic E-state index is 0.200. The number of ether oxygens (including phenoxy) is 1. The van der Waals surface area contributed by atoms with E-state index < -0.39 is 35.5 Å². The van der Waals surface area contributed by atoms with E-state index in [2.05, 4.69) is 4.90 Å². The van der Waals surface area contributed by atoms with Crippen LogP contribution in [0.15, 0.2) is 42.5 Å². The van der Waals surface area contributed by atoms with Gasteiger partial charge in [0.05, 0.1) is 29.0 Å². The van der Waals surface area contributed by atoms with Gasteiger partial charge in [0.2, 0.25) is 11.8 Å². The Morgan fingerprint density at radius 1 is 1.02 bits per heavy atom. The molecule has 0 spiro atoms. The summed E-state index contributed by atoms with van der Waals surface area (Å²) < 4.78 is 37.0. The van der Waals surface area contributed by atoms with Crippen molar-refractivity contribution in [2.24, 2.45) is 11.8 Å². The van der Waals surface area contributed by atoms with Crippen molar-refractivity contribution in [3.05, 3.63) is 58.1 Å². The summed E-state index contributed by atoms with van der Waals surface area (Å²) in [6, 6.07) is 13.0. The van der Waals surface area contributed by atoms with Crippen molar-refractivity contribution < 1.29 is 42.2 Å². The molecule has 3 fully saturated rings. The van der Waals surface area contributed by atoms with E-state index in [1.807, 2.05) is 36.4 Å². The van der Waals surface area contributed by atoms with Gasteiger partial charge in [-0.2, -0.15) is 13.2 Å². The van der Waals surface area contributed by atoms with Crippen LogP contribution in [0.1, 0.15) is 37.8 Å². The Kier molecular flexibility index (Phi) is 8.73. The molecular weight excluding hydrogens is 588 g/mol. The number of carbonyl (C=O) groups is 4. The predicted molar refractivity (Wildman–Crippen MR) is 143 cm³/mol. The molecular formula is C28H27Cl2F3N2O6. The lowest BCUT2D eigenvalue weighted by Crippen LogP contribution is -2.59. The molecule has 13 heteroatoms. The molecule has 0 bridgehead atoms. The maximum atomic E-state index is 13.5. The van der Waals surface area contributed by atoms with Crippen LogP contribution < -0.4 is 0 Å². The summed E-state index contributed by atoms with van der Waals surface area (Å²) in [6.07, 6.45) is -2.86. The second-order valence-corrected chi connectivity index (χ2v) is 10.8. The van der Waals surface area contributed by atoms with Crippen LogP contribution in [0.25, 0.3) is 11.1 Å². The lowest BCUT2D eigenvalue weighted by Gasteiger charge is -2.44. The lowest BCUT2D eigenvalue weighted by atomic mass is 9.75. The molecule has 2 amide bonds. The average molecular weight is 615 g/mol. The van der Waals surface area contributed by atoms with Gasteiger partial charge in [0.1, 0.15) is 5.54 Å². The molecule has 0 aromatic heterocycles. The number of benzene rings is 2. The number of carboxylic acids is 1. The topological polar surface area (TPSA) is 104 Å². The fourth-order valence-electron chi connectivity index (χ4n) is 6.28. The van der Waals surface area contributed by atoms with Crippen LogP contribution in [-0.4, -0.2) is 70.6 Å². The number of rotatable bonds is 4. The number of imide groups is 1. The second kappa shape index (κ2) is 11.6. The normalized spacial score (nSPS) is 25.7. The van der Waals surface area contributed by atoms with Crippen molar-refractivity contribution in [3.63, 3.8) is 0 Å². The number of esters is 1. The number of fused-ring (bicyclic) bond motifs is 3. The Morgan fingerprint density at radius 2 is 1.63 bits per heavy atom. The van der Waals surface area contributed by atoms with E-state index in [4.69, 9.17) is 37.8 Å². The van der Waals surface area contributed by atoms with Crippen molar-refractivity contribution in [1.82, 2.24) is 9.80 Å². The summed E-state index contributed by atoms with van der Waals surface area (Å²) >= 11 is 12.3. The highest BCUT2D eigenvalue weighted by Crippen LogP contribution is 2.58. The van der Waals surface area contributed by atoms with Gasteiger partial charge in [-0.15, -0.1) is 0 Å². The number of piperidine rings is 1. The van der Waals surface area contributed by atoms with Gasteiger partial charge in [-0.1, -0.05) is 53.5 Å². The number of alkyl halides is 3. The van der Waals surface area contributed by atoms with Crippen LogP contribution in [0, 0.1) is 11.8 Å². The molecule has 3 aliphatic rings. The lowest BCUT2D eigenvalue weighted by molar-refractivity contribution is -0.192. The molecule has 1 N–H and O–H groups in total. The van der Waals surface area contributed by atoms with Gasteiger partial charge < -0.3 is 9.84 Å². The highest BCUT2D eigenvalue weighted by molar-refractivity contribution is 6.42. The molecule has 220 valence electrons. The predicted octanol–water partition coefficient (Wildman–Crippen LogP) is 5.37. The summed E-state index contributed by atoms with van der Waals surface area (Å²) in [5, 5.41) is 8.10. The average Bonchev–Trinajstić information content (AvgIpc) is 3.39. The molecule has 3 aliphatic heterocycles. The molecule has 4 atom stereocenters. The number of carbonyl (C=O) groups excluding carboxylic acids is 3. The van der Waals surface area contributed by atoms with Gasteiger partial charge >= 0.3 is 18.1 Å². The standard InChI is InChI=1S/C26H26Cl2N2O4.C2HF3O2/c1-3-29-23(31)20-21(24(29)32)26(25(33)34-2)12-4-5-13-30(26)22(20)16-8-6-15(7-9-16)17-10-11-18(27)19(28)14-17;3-2(4,5)1(6)7/h6-11,14,20-22H,3-5,12-13H2,1-2H3;(H,6,7)/t20-,21-,22+,26-;/m0./s1. The zero-order valence-electron chi connectivity index (χ0n) is 22.1. The van der Waals surface area contributed by atoms with Gasteiger partial charge in [-0.3, -0.25) is 24.2 Å². The van der Waals surface area contributed by atoms with Crippen molar-refractivity contribution in [3.8, 4) is 11.1 Å². The monoisotopic (exact) mass is 614 g/mol. The van der Waals surface area contributed by atoms with Crippen molar-refractivity contribution in [2.45, 2.75) is 43.9 Å². The maximum absolute atomic E-state index is 13.5. The molecule has 2 aromatic rings. The van der Waals surface area contributed by atoms with Crippen LogP contribution in [0.3, 0.4) is 0 Å². The van der Waals surface area contributed by atoms with Crippen LogP contribution in [0.4, 0.5) is 13.2 Å². The summed E-state index contributed by atoms with van der Waals surface area (Å²) in [5.74, 6) is -4.98. The molecule has 41 heavy (non-hydrogen) atoms. The van der Waals surface area contributed by atoms with E-state index in [-0.39, 0.29) is 17.9 Å². The highest BCUT2D eigenvalue weighted by Gasteiger charge is 2.72. The highest BCUT2D eigenvalue weighted by atomic mass is 35.5. The number of likely N-dealkylation sites (tertiary alicyclic amines) is 1. The number of methoxy groups -OCH3 is 1. The molecule has 5 rings (SSSR count). The van der Waals surface area contributed by atoms with E-state index in [1.54, 1.807) is 13.0 Å². The van der Waals surface area contributed by atoms with Crippen LogP contribution in [-0.2, 0) is 23.9 Å². The third-order valence-corrected chi connectivity index (χ3v) is 8.69. The zero-order valence-corrected chi connectivity index (χ0v) is 23.6. The van der Waals surface area contributed by atoms with E-state index in [9.17, 15) is 27.6 Å². The second-order valence-electron chi connectivity index (χ2n) is 9.99. The van der Waals surface area contributed by atoms with Crippen LogP contribution in [0.5, 0.6) is 0 Å². The van der Waals surface area contributed by atoms with E-state index in [0.29, 0.717) is 29.6 Å². The molecule has 8 nitrogen and oxygen atoms in total. The minimum atomic E-state index is -5.08. The molecule has 0 radical (unpaired) electrons. The Labute approximate surface area is 243 Å². The number of hydrogen-bond donors (Lipinski definition) is 1. The summed E-state index contributed by atoms with van der Waals surface area (Å²) in [4.78, 5) is 52.4. The fraction of sp³-hybridized carbons (Fsp3) is 0.429. The summed E-state index contributed by atoms with van der Waals surface area (Å²) in [7, 11) is 1.36. The van der Waals surface area contributed by atoms with Gasteiger partial charge in [0.15, 0.2) is 0 Å². The first-order chi connectivity index (χ1) is 19.3. The summed E-state index contributed by atoms with van der Waals surface area (Å²) in [6.45, 7) is 2.72. The Bertz CT molecular complexity index is 1370. The van der Waals surface area contributed by atoms with Crippen molar-refractivity contribution in [2.75, 3.05) is 20.2 Å². The first-order valence-electron chi connectivity index (χ1n) is 12.9. The smallest absolute Gasteiger partial charge is 0.475 e. The fourth-order valence-corrected chi connectivity index (χ4v) is 6.57. The number of amides is 2.